The van der Waals surface area contributed by atoms with Crippen LogP contribution in [0.2, 0.25) is 5.02 Å². The van der Waals surface area contributed by atoms with E-state index in [0.717, 1.165) is 47.4 Å². The molecule has 0 atom stereocenters. The van der Waals surface area contributed by atoms with Gasteiger partial charge in [0.05, 0.1) is 19.2 Å². The second-order valence-electron chi connectivity index (χ2n) is 6.96. The van der Waals surface area contributed by atoms with Gasteiger partial charge in [0.1, 0.15) is 10.8 Å². The fraction of sp³-hybridized carbons (Fsp3) is 0.400. The smallest absolute Gasteiger partial charge is 0.251 e. The molecule has 3 N–H and O–H groups in total. The largest absolute Gasteiger partial charge is 0.496 e. The van der Waals surface area contributed by atoms with Crippen molar-refractivity contribution in [2.75, 3.05) is 26.0 Å². The molecular weight excluding hydrogens is 398 g/mol. The molecule has 0 bridgehead atoms. The summed E-state index contributed by atoms with van der Waals surface area (Å²) in [5, 5.41) is 4.07. The van der Waals surface area contributed by atoms with Gasteiger partial charge in [-0.05, 0) is 56.5 Å². The van der Waals surface area contributed by atoms with Gasteiger partial charge >= 0.3 is 0 Å². The molecule has 0 spiro atoms. The Morgan fingerprint density at radius 3 is 2.79 bits per heavy atom. The van der Waals surface area contributed by atoms with Crippen LogP contribution in [-0.2, 0) is 24.2 Å². The summed E-state index contributed by atoms with van der Waals surface area (Å²) >= 11 is 7.54. The quantitative estimate of drug-likeness (QED) is 0.717. The first kappa shape index (κ1) is 20.6. The molecule has 0 fully saturated rings. The van der Waals surface area contributed by atoms with E-state index in [1.54, 1.807) is 19.2 Å². The van der Waals surface area contributed by atoms with E-state index in [0.29, 0.717) is 22.1 Å². The normalized spacial score (nSPS) is 13.3. The number of primary amides is 1. The molecule has 0 unspecified atom stereocenters. The van der Waals surface area contributed by atoms with Crippen molar-refractivity contribution in [1.82, 2.24) is 4.90 Å². The van der Waals surface area contributed by atoms with Crippen molar-refractivity contribution < 1.29 is 14.3 Å². The van der Waals surface area contributed by atoms with E-state index in [2.05, 4.69) is 5.32 Å². The second-order valence-corrected chi connectivity index (χ2v) is 8.50. The monoisotopic (exact) mass is 421 g/mol. The van der Waals surface area contributed by atoms with Crippen molar-refractivity contribution in [3.05, 3.63) is 44.8 Å². The molecular formula is C20H24ClN3O3S. The second kappa shape index (κ2) is 8.94. The summed E-state index contributed by atoms with van der Waals surface area (Å²) in [6.07, 6.45) is 3.92. The van der Waals surface area contributed by atoms with Crippen LogP contribution in [0.4, 0.5) is 5.00 Å². The zero-order valence-corrected chi connectivity index (χ0v) is 17.6. The van der Waals surface area contributed by atoms with Crippen LogP contribution >= 0.6 is 22.9 Å². The minimum Gasteiger partial charge on any atom is -0.496 e. The summed E-state index contributed by atoms with van der Waals surface area (Å²) in [5.74, 6) is 0.0508. The maximum Gasteiger partial charge on any atom is 0.251 e. The predicted octanol–water partition coefficient (Wildman–Crippen LogP) is 3.46. The SMILES string of the molecule is COc1ccc(Cl)cc1CN(C)CC(=O)Nc1sc2c(c1C(N)=O)CCCC2. The number of ether oxygens (including phenoxy) is 1. The molecule has 2 aromatic rings. The Morgan fingerprint density at radius 1 is 1.32 bits per heavy atom. The molecule has 1 heterocycles. The van der Waals surface area contributed by atoms with E-state index < -0.39 is 5.91 Å². The minimum absolute atomic E-state index is 0.163. The van der Waals surface area contributed by atoms with Crippen LogP contribution in [0.3, 0.4) is 0 Å². The number of nitrogens with two attached hydrogens (primary N) is 1. The number of amides is 2. The number of fused-ring (bicyclic) bond motifs is 1. The van der Waals surface area contributed by atoms with E-state index in [4.69, 9.17) is 22.1 Å². The molecule has 1 aromatic heterocycles. The molecule has 2 amide bonds. The first-order chi connectivity index (χ1) is 13.4. The predicted molar refractivity (Wildman–Crippen MR) is 112 cm³/mol. The number of benzene rings is 1. The summed E-state index contributed by atoms with van der Waals surface area (Å²) in [5.41, 5.74) is 7.98. The average molecular weight is 422 g/mol. The molecule has 8 heteroatoms. The van der Waals surface area contributed by atoms with Gasteiger partial charge in [0.2, 0.25) is 5.91 Å². The lowest BCUT2D eigenvalue weighted by atomic mass is 9.95. The minimum atomic E-state index is -0.480. The molecule has 150 valence electrons. The third kappa shape index (κ3) is 4.66. The Labute approximate surface area is 173 Å². The van der Waals surface area contributed by atoms with E-state index in [1.165, 1.54) is 11.3 Å². The number of carbonyl (C=O) groups excluding carboxylic acids is 2. The topological polar surface area (TPSA) is 84.7 Å². The first-order valence-corrected chi connectivity index (χ1v) is 10.3. The molecule has 1 aliphatic rings. The summed E-state index contributed by atoms with van der Waals surface area (Å²) in [6, 6.07) is 5.40. The number of halogens is 1. The van der Waals surface area contributed by atoms with Crippen molar-refractivity contribution in [2.24, 2.45) is 5.73 Å². The van der Waals surface area contributed by atoms with Gasteiger partial charge in [-0.3, -0.25) is 14.5 Å². The zero-order valence-electron chi connectivity index (χ0n) is 16.0. The first-order valence-electron chi connectivity index (χ1n) is 9.14. The number of hydrogen-bond donors (Lipinski definition) is 2. The van der Waals surface area contributed by atoms with Crippen molar-refractivity contribution in [1.29, 1.82) is 0 Å². The van der Waals surface area contributed by atoms with E-state index in [1.807, 2.05) is 18.0 Å². The van der Waals surface area contributed by atoms with E-state index in [9.17, 15) is 9.59 Å². The van der Waals surface area contributed by atoms with Crippen molar-refractivity contribution >= 4 is 39.8 Å². The van der Waals surface area contributed by atoms with Gasteiger partial charge in [-0.2, -0.15) is 0 Å². The molecule has 1 aliphatic carbocycles. The standard InChI is InChI=1S/C20H24ClN3O3S/c1-24(10-12-9-13(21)7-8-15(12)27-2)11-17(25)23-20-18(19(22)26)14-5-3-4-6-16(14)28-20/h7-9H,3-6,10-11H2,1-2H3,(H2,22,26)(H,23,25). The highest BCUT2D eigenvalue weighted by Crippen LogP contribution is 2.37. The maximum atomic E-state index is 12.6. The van der Waals surface area contributed by atoms with Gasteiger partial charge in [0.15, 0.2) is 0 Å². The Morgan fingerprint density at radius 2 is 2.07 bits per heavy atom. The Balaban J connectivity index is 1.68. The lowest BCUT2D eigenvalue weighted by Gasteiger charge is -2.18. The highest BCUT2D eigenvalue weighted by atomic mass is 35.5. The number of likely N-dealkylation sites (N-methyl/N-ethyl adjacent to an activating group) is 1. The number of carbonyl (C=O) groups is 2. The number of anilines is 1. The van der Waals surface area contributed by atoms with E-state index in [-0.39, 0.29) is 12.5 Å². The highest BCUT2D eigenvalue weighted by Gasteiger charge is 2.25. The van der Waals surface area contributed by atoms with Crippen molar-refractivity contribution in [2.45, 2.75) is 32.2 Å². The Hall–Kier alpha value is -2.09. The third-order valence-electron chi connectivity index (χ3n) is 4.77. The van der Waals surface area contributed by atoms with Crippen LogP contribution in [0.15, 0.2) is 18.2 Å². The fourth-order valence-electron chi connectivity index (χ4n) is 3.54. The van der Waals surface area contributed by atoms with Gasteiger partial charge in [-0.1, -0.05) is 11.6 Å². The van der Waals surface area contributed by atoms with Crippen LogP contribution in [0.25, 0.3) is 0 Å². The number of nitrogens with zero attached hydrogens (tertiary/aromatic N) is 1. The lowest BCUT2D eigenvalue weighted by Crippen LogP contribution is -2.30. The molecule has 6 nitrogen and oxygen atoms in total. The van der Waals surface area contributed by atoms with Gasteiger partial charge in [-0.25, -0.2) is 0 Å². The van der Waals surface area contributed by atoms with Crippen molar-refractivity contribution in [3.8, 4) is 5.75 Å². The molecule has 0 radical (unpaired) electrons. The molecule has 0 saturated heterocycles. The van der Waals surface area contributed by atoms with Crippen LogP contribution < -0.4 is 15.8 Å². The highest BCUT2D eigenvalue weighted by molar-refractivity contribution is 7.17. The maximum absolute atomic E-state index is 12.6. The number of rotatable bonds is 7. The third-order valence-corrected chi connectivity index (χ3v) is 6.21. The van der Waals surface area contributed by atoms with Gasteiger partial charge in [0, 0.05) is 22.0 Å². The Kier molecular flexibility index (Phi) is 6.59. The van der Waals surface area contributed by atoms with Crippen molar-refractivity contribution in [3.63, 3.8) is 0 Å². The summed E-state index contributed by atoms with van der Waals surface area (Å²) in [7, 11) is 3.44. The average Bonchev–Trinajstić information content (AvgIpc) is 2.99. The van der Waals surface area contributed by atoms with Crippen LogP contribution in [0.1, 0.15) is 39.2 Å². The molecule has 0 saturated carbocycles. The van der Waals surface area contributed by atoms with Crippen LogP contribution in [0.5, 0.6) is 5.75 Å². The summed E-state index contributed by atoms with van der Waals surface area (Å²) in [6.45, 7) is 0.664. The zero-order chi connectivity index (χ0) is 20.3. The van der Waals surface area contributed by atoms with Crippen LogP contribution in [0, 0.1) is 0 Å². The number of nitrogens with one attached hydrogen (secondary N) is 1. The van der Waals surface area contributed by atoms with Crippen LogP contribution in [-0.4, -0.2) is 37.4 Å². The summed E-state index contributed by atoms with van der Waals surface area (Å²) in [4.78, 5) is 27.5. The molecule has 0 aliphatic heterocycles. The molecule has 3 rings (SSSR count). The van der Waals surface area contributed by atoms with Gasteiger partial charge < -0.3 is 15.8 Å². The lowest BCUT2D eigenvalue weighted by molar-refractivity contribution is -0.117. The fourth-order valence-corrected chi connectivity index (χ4v) is 5.05. The molecule has 1 aromatic carbocycles. The van der Waals surface area contributed by atoms with E-state index >= 15 is 0 Å². The number of aryl methyl sites for hydroxylation is 1. The number of hydrogen-bond acceptors (Lipinski definition) is 5. The van der Waals surface area contributed by atoms with Gasteiger partial charge in [0.25, 0.3) is 5.91 Å². The Bertz CT molecular complexity index is 897. The molecule has 28 heavy (non-hydrogen) atoms. The number of methoxy groups -OCH3 is 1. The number of thiophene rings is 1. The summed E-state index contributed by atoms with van der Waals surface area (Å²) < 4.78 is 5.35. The van der Waals surface area contributed by atoms with Gasteiger partial charge in [-0.15, -0.1) is 11.3 Å².